The van der Waals surface area contributed by atoms with Crippen LogP contribution in [0.25, 0.3) is 0 Å². The molecule has 3 nitrogen and oxygen atoms in total. The van der Waals surface area contributed by atoms with Crippen molar-refractivity contribution in [1.29, 1.82) is 0 Å². The number of carbonyl (C=O) groups is 1. The molecular formula is C18H11F5N2O. The van der Waals surface area contributed by atoms with Gasteiger partial charge in [0.05, 0.1) is 17.5 Å². The molecule has 3 atom stereocenters. The minimum Gasteiger partial charge on any atom is -0.310 e. The predicted molar refractivity (Wildman–Crippen MR) is 82.5 cm³/mol. The van der Waals surface area contributed by atoms with E-state index < -0.39 is 41.3 Å². The van der Waals surface area contributed by atoms with Crippen molar-refractivity contribution in [3.63, 3.8) is 0 Å². The quantitative estimate of drug-likeness (QED) is 0.810. The molecule has 1 heterocycles. The lowest BCUT2D eigenvalue weighted by molar-refractivity contribution is -0.137. The van der Waals surface area contributed by atoms with Gasteiger partial charge in [0.25, 0.3) is 0 Å². The largest absolute Gasteiger partial charge is 0.416 e. The van der Waals surface area contributed by atoms with Crippen LogP contribution < -0.4 is 5.32 Å². The molecule has 1 aliphatic heterocycles. The van der Waals surface area contributed by atoms with Crippen LogP contribution in [0.4, 0.5) is 22.0 Å². The molecule has 0 aromatic heterocycles. The summed E-state index contributed by atoms with van der Waals surface area (Å²) in [6.07, 6.45) is -4.46. The van der Waals surface area contributed by atoms with E-state index in [9.17, 15) is 26.7 Å². The van der Waals surface area contributed by atoms with Gasteiger partial charge in [-0.25, -0.2) is 8.78 Å². The van der Waals surface area contributed by atoms with Crippen LogP contribution in [0.5, 0.6) is 0 Å². The third-order valence-electron chi connectivity index (χ3n) is 4.61. The average molecular weight is 366 g/mol. The maximum absolute atomic E-state index is 14.0. The fourth-order valence-corrected chi connectivity index (χ4v) is 3.27. The number of fused-ring (bicyclic) bond motifs is 1. The third-order valence-corrected chi connectivity index (χ3v) is 4.61. The van der Waals surface area contributed by atoms with Crippen LogP contribution in [-0.2, 0) is 11.0 Å². The Hall–Kier alpha value is -2.77. The Bertz CT molecular complexity index is 920. The molecule has 1 amide bonds. The number of hydrogen-bond donors (Lipinski definition) is 1. The molecule has 1 aliphatic carbocycles. The molecule has 0 saturated heterocycles. The number of hydrogen-bond acceptors (Lipinski definition) is 2. The number of rotatable bonds is 2. The van der Waals surface area contributed by atoms with E-state index in [1.165, 1.54) is 18.2 Å². The highest BCUT2D eigenvalue weighted by Crippen LogP contribution is 2.52. The average Bonchev–Trinajstić information content (AvgIpc) is 3.29. The molecule has 8 heteroatoms. The van der Waals surface area contributed by atoms with Gasteiger partial charge in [-0.2, -0.15) is 13.2 Å². The van der Waals surface area contributed by atoms with E-state index in [-0.39, 0.29) is 17.3 Å². The number of benzene rings is 2. The van der Waals surface area contributed by atoms with Gasteiger partial charge in [0.2, 0.25) is 5.91 Å². The van der Waals surface area contributed by atoms with E-state index in [1.807, 2.05) is 0 Å². The molecule has 0 bridgehead atoms. The first-order valence-electron chi connectivity index (χ1n) is 7.77. The second-order valence-electron chi connectivity index (χ2n) is 6.25. The van der Waals surface area contributed by atoms with Crippen molar-refractivity contribution in [2.75, 3.05) is 0 Å². The Morgan fingerprint density at radius 3 is 2.27 bits per heavy atom. The summed E-state index contributed by atoms with van der Waals surface area (Å²) in [6, 6.07) is 6.88. The van der Waals surface area contributed by atoms with Gasteiger partial charge in [0, 0.05) is 17.5 Å². The monoisotopic (exact) mass is 366 g/mol. The molecule has 2 aromatic carbocycles. The lowest BCUT2D eigenvalue weighted by Crippen LogP contribution is -2.36. The van der Waals surface area contributed by atoms with E-state index >= 15 is 0 Å². The molecule has 0 spiro atoms. The maximum Gasteiger partial charge on any atom is 0.416 e. The molecule has 0 radical (unpaired) electrons. The van der Waals surface area contributed by atoms with Crippen LogP contribution in [0.3, 0.4) is 0 Å². The molecule has 26 heavy (non-hydrogen) atoms. The standard InChI is InChI=1S/C18H11F5N2O/c19-10-5-6-11(12(20)7-10)13-14-15(13)24-16(25-17(14)26)8-1-3-9(4-2-8)18(21,22)23/h1-7,13-15H,(H,24,25,26)/t13?,14?,15-/m0/s1. The molecule has 1 saturated carbocycles. The Morgan fingerprint density at radius 2 is 1.65 bits per heavy atom. The second-order valence-corrected chi connectivity index (χ2v) is 6.25. The van der Waals surface area contributed by atoms with Gasteiger partial charge in [0.15, 0.2) is 0 Å². The number of carbonyl (C=O) groups excluding carboxylic acids is 1. The Morgan fingerprint density at radius 1 is 0.962 bits per heavy atom. The summed E-state index contributed by atoms with van der Waals surface area (Å²) in [5, 5.41) is 2.55. The highest BCUT2D eigenvalue weighted by molar-refractivity contribution is 6.11. The lowest BCUT2D eigenvalue weighted by atomic mass is 10.1. The summed E-state index contributed by atoms with van der Waals surface area (Å²) in [5.74, 6) is -2.77. The van der Waals surface area contributed by atoms with Crippen molar-refractivity contribution in [3.05, 3.63) is 70.8 Å². The summed E-state index contributed by atoms with van der Waals surface area (Å²) in [6.45, 7) is 0. The molecule has 4 rings (SSSR count). The van der Waals surface area contributed by atoms with Crippen molar-refractivity contribution in [2.45, 2.75) is 18.1 Å². The SMILES string of the molecule is O=C1NC(c2ccc(C(F)(F)F)cc2)=N[C@@H]2C1C2c1ccc(F)cc1F. The predicted octanol–water partition coefficient (Wildman–Crippen LogP) is 3.64. The summed E-state index contributed by atoms with van der Waals surface area (Å²) < 4.78 is 64.9. The molecular weight excluding hydrogens is 355 g/mol. The molecule has 1 N–H and O–H groups in total. The van der Waals surface area contributed by atoms with Crippen LogP contribution in [0.15, 0.2) is 47.5 Å². The first-order valence-corrected chi connectivity index (χ1v) is 7.77. The molecule has 1 fully saturated rings. The number of alkyl halides is 3. The Labute approximate surface area is 144 Å². The van der Waals surface area contributed by atoms with Crippen LogP contribution in [-0.4, -0.2) is 17.8 Å². The van der Waals surface area contributed by atoms with E-state index in [2.05, 4.69) is 10.3 Å². The zero-order valence-electron chi connectivity index (χ0n) is 13.0. The zero-order chi connectivity index (χ0) is 18.6. The van der Waals surface area contributed by atoms with Gasteiger partial charge >= 0.3 is 6.18 Å². The fourth-order valence-electron chi connectivity index (χ4n) is 3.27. The van der Waals surface area contributed by atoms with Gasteiger partial charge in [-0.05, 0) is 23.8 Å². The van der Waals surface area contributed by atoms with Gasteiger partial charge in [-0.15, -0.1) is 0 Å². The van der Waals surface area contributed by atoms with Gasteiger partial charge < -0.3 is 5.32 Å². The molecule has 134 valence electrons. The third kappa shape index (κ3) is 2.75. The summed E-state index contributed by atoms with van der Waals surface area (Å²) in [4.78, 5) is 16.6. The minimum atomic E-state index is -4.46. The number of amides is 1. The minimum absolute atomic E-state index is 0.148. The maximum atomic E-state index is 14.0. The molecule has 2 aliphatic rings. The van der Waals surface area contributed by atoms with Crippen LogP contribution >= 0.6 is 0 Å². The highest BCUT2D eigenvalue weighted by atomic mass is 19.4. The number of aliphatic imine (C=N–C) groups is 1. The van der Waals surface area contributed by atoms with E-state index in [4.69, 9.17) is 0 Å². The zero-order valence-corrected chi connectivity index (χ0v) is 13.0. The topological polar surface area (TPSA) is 41.5 Å². The van der Waals surface area contributed by atoms with E-state index in [0.717, 1.165) is 24.3 Å². The second kappa shape index (κ2) is 5.62. The fraction of sp³-hybridized carbons (Fsp3) is 0.222. The number of nitrogens with one attached hydrogen (secondary N) is 1. The van der Waals surface area contributed by atoms with Crippen LogP contribution in [0, 0.1) is 17.6 Å². The van der Waals surface area contributed by atoms with E-state index in [1.54, 1.807) is 0 Å². The summed E-state index contributed by atoms with van der Waals surface area (Å²) in [7, 11) is 0. The lowest BCUT2D eigenvalue weighted by Gasteiger charge is -2.13. The molecule has 2 unspecified atom stereocenters. The number of halogens is 5. The van der Waals surface area contributed by atoms with Crippen LogP contribution in [0.1, 0.15) is 22.6 Å². The normalized spacial score (nSPS) is 24.6. The molecule has 2 aromatic rings. The first kappa shape index (κ1) is 16.7. The Balaban J connectivity index is 1.62. The van der Waals surface area contributed by atoms with Crippen molar-refractivity contribution < 1.29 is 26.7 Å². The van der Waals surface area contributed by atoms with Crippen molar-refractivity contribution in [3.8, 4) is 0 Å². The van der Waals surface area contributed by atoms with Crippen molar-refractivity contribution >= 4 is 11.7 Å². The summed E-state index contributed by atoms with van der Waals surface area (Å²) in [5.41, 5.74) is -0.274. The highest BCUT2D eigenvalue weighted by Gasteiger charge is 2.59. The van der Waals surface area contributed by atoms with Crippen molar-refractivity contribution in [1.82, 2.24) is 5.32 Å². The smallest absolute Gasteiger partial charge is 0.310 e. The van der Waals surface area contributed by atoms with Gasteiger partial charge in [-0.1, -0.05) is 18.2 Å². The summed E-state index contributed by atoms with van der Waals surface area (Å²) >= 11 is 0. The van der Waals surface area contributed by atoms with Gasteiger partial charge in [-0.3, -0.25) is 9.79 Å². The number of nitrogens with zero attached hydrogens (tertiary/aromatic N) is 1. The van der Waals surface area contributed by atoms with Gasteiger partial charge in [0.1, 0.15) is 17.5 Å². The van der Waals surface area contributed by atoms with E-state index in [0.29, 0.717) is 5.56 Å². The van der Waals surface area contributed by atoms with Crippen molar-refractivity contribution in [2.24, 2.45) is 10.9 Å². The van der Waals surface area contributed by atoms with Crippen LogP contribution in [0.2, 0.25) is 0 Å². The first-order chi connectivity index (χ1) is 12.3. The number of amidine groups is 1. The Kier molecular flexibility index (Phi) is 3.61.